The highest BCUT2D eigenvalue weighted by Crippen LogP contribution is 2.22. The van der Waals surface area contributed by atoms with Gasteiger partial charge in [0.05, 0.1) is 17.3 Å². The van der Waals surface area contributed by atoms with E-state index in [1.807, 2.05) is 0 Å². The van der Waals surface area contributed by atoms with Gasteiger partial charge in [0.1, 0.15) is 23.0 Å². The number of nitrogens with zero attached hydrogens (tertiary/aromatic N) is 3. The van der Waals surface area contributed by atoms with Crippen LogP contribution >= 0.6 is 15.9 Å². The van der Waals surface area contributed by atoms with Crippen LogP contribution < -0.4 is 0 Å². The summed E-state index contributed by atoms with van der Waals surface area (Å²) in [6.45, 7) is -0.305. The van der Waals surface area contributed by atoms with Crippen LogP contribution in [0.4, 0.5) is 8.78 Å². The van der Waals surface area contributed by atoms with E-state index in [1.54, 1.807) is 0 Å². The van der Waals surface area contributed by atoms with E-state index in [4.69, 9.17) is 5.11 Å². The van der Waals surface area contributed by atoms with Crippen molar-refractivity contribution >= 4 is 15.9 Å². The van der Waals surface area contributed by atoms with E-state index in [0.717, 1.165) is 16.8 Å². The van der Waals surface area contributed by atoms with Crippen LogP contribution in [0.3, 0.4) is 0 Å². The second-order valence-corrected chi connectivity index (χ2v) is 3.88. The summed E-state index contributed by atoms with van der Waals surface area (Å²) in [6, 6.07) is 2.00. The van der Waals surface area contributed by atoms with Crippen molar-refractivity contribution in [3.8, 4) is 5.69 Å². The second kappa shape index (κ2) is 4.26. The zero-order valence-electron chi connectivity index (χ0n) is 7.86. The molecule has 0 atom stereocenters. The highest BCUT2D eigenvalue weighted by molar-refractivity contribution is 9.10. The first-order chi connectivity index (χ1) is 7.61. The number of hydrogen-bond donors (Lipinski definition) is 1. The van der Waals surface area contributed by atoms with Crippen molar-refractivity contribution in [3.63, 3.8) is 0 Å². The van der Waals surface area contributed by atoms with Gasteiger partial charge in [0.25, 0.3) is 0 Å². The van der Waals surface area contributed by atoms with Gasteiger partial charge >= 0.3 is 0 Å². The Morgan fingerprint density at radius 2 is 2.06 bits per heavy atom. The van der Waals surface area contributed by atoms with Gasteiger partial charge in [-0.05, 0) is 22.0 Å². The van der Waals surface area contributed by atoms with Crippen LogP contribution in [-0.2, 0) is 6.61 Å². The average molecular weight is 290 g/mol. The third-order valence-corrected chi connectivity index (χ3v) is 2.55. The first-order valence-corrected chi connectivity index (χ1v) is 5.08. The maximum absolute atomic E-state index is 13.5. The molecule has 4 nitrogen and oxygen atoms in total. The van der Waals surface area contributed by atoms with Crippen molar-refractivity contribution in [3.05, 3.63) is 40.1 Å². The van der Waals surface area contributed by atoms with Crippen molar-refractivity contribution in [2.75, 3.05) is 0 Å². The first kappa shape index (κ1) is 11.2. The number of aromatic nitrogens is 3. The number of halogens is 3. The van der Waals surface area contributed by atoms with Gasteiger partial charge in [0, 0.05) is 6.07 Å². The zero-order chi connectivity index (χ0) is 11.7. The van der Waals surface area contributed by atoms with Crippen molar-refractivity contribution in [2.45, 2.75) is 6.61 Å². The van der Waals surface area contributed by atoms with E-state index < -0.39 is 11.6 Å². The molecule has 0 aliphatic carbocycles. The van der Waals surface area contributed by atoms with Crippen LogP contribution in [0.2, 0.25) is 0 Å². The lowest BCUT2D eigenvalue weighted by Crippen LogP contribution is -2.00. The van der Waals surface area contributed by atoms with Crippen LogP contribution in [0.25, 0.3) is 5.69 Å². The Balaban J connectivity index is 2.51. The number of aliphatic hydroxyl groups is 1. The van der Waals surface area contributed by atoms with Gasteiger partial charge in [0.2, 0.25) is 0 Å². The molecule has 0 bridgehead atoms. The molecule has 1 heterocycles. The first-order valence-electron chi connectivity index (χ1n) is 4.29. The molecule has 0 aliphatic rings. The van der Waals surface area contributed by atoms with Crippen LogP contribution in [0.1, 0.15) is 5.69 Å². The Morgan fingerprint density at radius 3 is 2.69 bits per heavy atom. The summed E-state index contributed by atoms with van der Waals surface area (Å²) in [4.78, 5) is 0. The van der Waals surface area contributed by atoms with E-state index in [1.165, 1.54) is 6.20 Å². The summed E-state index contributed by atoms with van der Waals surface area (Å²) in [5, 5.41) is 15.9. The lowest BCUT2D eigenvalue weighted by atomic mass is 10.3. The quantitative estimate of drug-likeness (QED) is 0.858. The number of aliphatic hydroxyl groups excluding tert-OH is 1. The summed E-state index contributed by atoms with van der Waals surface area (Å²) in [7, 11) is 0. The molecule has 0 saturated carbocycles. The van der Waals surface area contributed by atoms with Crippen molar-refractivity contribution in [2.24, 2.45) is 0 Å². The lowest BCUT2D eigenvalue weighted by Gasteiger charge is -2.03. The Kier molecular flexibility index (Phi) is 2.97. The smallest absolute Gasteiger partial charge is 0.150 e. The molecule has 0 radical (unpaired) electrons. The van der Waals surface area contributed by atoms with Gasteiger partial charge < -0.3 is 5.11 Å². The molecule has 84 valence electrons. The molecule has 0 fully saturated rings. The van der Waals surface area contributed by atoms with Gasteiger partial charge in [0.15, 0.2) is 0 Å². The van der Waals surface area contributed by atoms with E-state index >= 15 is 0 Å². The van der Waals surface area contributed by atoms with Crippen molar-refractivity contribution < 1.29 is 13.9 Å². The predicted octanol–water partition coefficient (Wildman–Crippen LogP) is 1.80. The minimum Gasteiger partial charge on any atom is -0.390 e. The molecule has 1 aromatic carbocycles. The van der Waals surface area contributed by atoms with Crippen molar-refractivity contribution in [1.29, 1.82) is 0 Å². The van der Waals surface area contributed by atoms with E-state index in [0.29, 0.717) is 0 Å². The predicted molar refractivity (Wildman–Crippen MR) is 54.9 cm³/mol. The molecule has 1 aromatic heterocycles. The third kappa shape index (κ3) is 1.96. The maximum Gasteiger partial charge on any atom is 0.150 e. The van der Waals surface area contributed by atoms with Gasteiger partial charge in [-0.2, -0.15) is 0 Å². The fourth-order valence-electron chi connectivity index (χ4n) is 1.18. The van der Waals surface area contributed by atoms with Crippen LogP contribution in [0.15, 0.2) is 22.8 Å². The molecular formula is C9H6BrF2N3O. The monoisotopic (exact) mass is 289 g/mol. The number of rotatable bonds is 2. The molecular weight excluding hydrogens is 284 g/mol. The minimum atomic E-state index is -0.636. The average Bonchev–Trinajstić information content (AvgIpc) is 2.71. The molecule has 0 saturated heterocycles. The van der Waals surface area contributed by atoms with E-state index in [2.05, 4.69) is 26.2 Å². The normalized spacial score (nSPS) is 10.8. The fraction of sp³-hybridized carbons (Fsp3) is 0.111. The Hall–Kier alpha value is -1.34. The molecule has 2 aromatic rings. The molecule has 1 N–H and O–H groups in total. The van der Waals surface area contributed by atoms with Crippen LogP contribution in [0.5, 0.6) is 0 Å². The molecule has 0 unspecified atom stereocenters. The number of benzene rings is 1. The van der Waals surface area contributed by atoms with Crippen LogP contribution in [0, 0.1) is 11.6 Å². The minimum absolute atomic E-state index is 0.0382. The summed E-state index contributed by atoms with van der Waals surface area (Å²) in [6.07, 6.45) is 1.33. The number of hydrogen-bond acceptors (Lipinski definition) is 3. The fourth-order valence-corrected chi connectivity index (χ4v) is 1.49. The van der Waals surface area contributed by atoms with Gasteiger partial charge in [-0.3, -0.25) is 0 Å². The van der Waals surface area contributed by atoms with Gasteiger partial charge in [-0.25, -0.2) is 13.5 Å². The molecule has 0 spiro atoms. The summed E-state index contributed by atoms with van der Waals surface area (Å²) in [5.74, 6) is -1.24. The molecule has 0 aliphatic heterocycles. The lowest BCUT2D eigenvalue weighted by molar-refractivity contribution is 0.276. The van der Waals surface area contributed by atoms with Crippen molar-refractivity contribution in [1.82, 2.24) is 15.0 Å². The zero-order valence-corrected chi connectivity index (χ0v) is 9.45. The van der Waals surface area contributed by atoms with Crippen LogP contribution in [-0.4, -0.2) is 20.1 Å². The Labute approximate surface area is 97.6 Å². The Morgan fingerprint density at radius 1 is 1.31 bits per heavy atom. The topological polar surface area (TPSA) is 50.9 Å². The van der Waals surface area contributed by atoms with Gasteiger partial charge in [-0.1, -0.05) is 5.21 Å². The molecule has 0 amide bonds. The third-order valence-electron chi connectivity index (χ3n) is 1.94. The summed E-state index contributed by atoms with van der Waals surface area (Å²) in [5.41, 5.74) is 0.218. The van der Waals surface area contributed by atoms with E-state index in [9.17, 15) is 8.78 Å². The van der Waals surface area contributed by atoms with Gasteiger partial charge in [-0.15, -0.1) is 5.10 Å². The molecule has 7 heteroatoms. The highest BCUT2D eigenvalue weighted by Gasteiger charge is 2.11. The molecule has 16 heavy (non-hydrogen) atoms. The Bertz CT molecular complexity index is 529. The summed E-state index contributed by atoms with van der Waals surface area (Å²) < 4.78 is 27.8. The standard InChI is InChI=1S/C9H6BrF2N3O/c10-6-1-8(12)9(2-7(6)11)15-3-5(4-16)13-14-15/h1-3,16H,4H2. The highest BCUT2D eigenvalue weighted by atomic mass is 79.9. The maximum atomic E-state index is 13.5. The van der Waals surface area contributed by atoms with E-state index in [-0.39, 0.29) is 22.5 Å². The molecule has 2 rings (SSSR count). The SMILES string of the molecule is OCc1cn(-c2cc(F)c(Br)cc2F)nn1. The second-order valence-electron chi connectivity index (χ2n) is 3.03. The summed E-state index contributed by atoms with van der Waals surface area (Å²) >= 11 is 2.87. The largest absolute Gasteiger partial charge is 0.390 e.